The summed E-state index contributed by atoms with van der Waals surface area (Å²) in [7, 11) is 0. The number of hydrogen-bond donors (Lipinski definition) is 0. The SMILES string of the molecule is CCc1cc(=O)oc2cc(C)cc(OC(C)C(=O)N3CCC(N4CCOC4=O)CC3)c12. The number of benzene rings is 1. The van der Waals surface area contributed by atoms with Gasteiger partial charge in [-0.1, -0.05) is 6.92 Å². The maximum absolute atomic E-state index is 13.0. The molecule has 1 aromatic carbocycles. The lowest BCUT2D eigenvalue weighted by Gasteiger charge is -2.36. The largest absolute Gasteiger partial charge is 0.480 e. The Bertz CT molecular complexity index is 1050. The second-order valence-electron chi connectivity index (χ2n) is 8.20. The van der Waals surface area contributed by atoms with E-state index in [1.165, 1.54) is 6.07 Å². The standard InChI is InChI=1S/C23H28N2O6/c1-4-16-13-20(26)31-19-12-14(2)11-18(21(16)19)30-15(3)22(27)24-7-5-17(6-8-24)25-9-10-29-23(25)28/h11-13,15,17H,4-10H2,1-3H3. The number of rotatable bonds is 5. The minimum absolute atomic E-state index is 0.0902. The van der Waals surface area contributed by atoms with Crippen LogP contribution in [0.3, 0.4) is 0 Å². The van der Waals surface area contributed by atoms with Crippen molar-refractivity contribution < 1.29 is 23.5 Å². The first-order valence-electron chi connectivity index (χ1n) is 10.8. The molecule has 1 unspecified atom stereocenters. The number of cyclic esters (lactones) is 1. The fourth-order valence-electron chi connectivity index (χ4n) is 4.48. The molecule has 8 heteroatoms. The zero-order chi connectivity index (χ0) is 22.1. The quantitative estimate of drug-likeness (QED) is 0.681. The van der Waals surface area contributed by atoms with Crippen LogP contribution in [0.25, 0.3) is 11.0 Å². The summed E-state index contributed by atoms with van der Waals surface area (Å²) in [6.07, 6.45) is 1.16. The molecule has 2 aliphatic heterocycles. The number of carbonyl (C=O) groups is 2. The zero-order valence-electron chi connectivity index (χ0n) is 18.2. The molecule has 1 aromatic heterocycles. The van der Waals surface area contributed by atoms with Crippen LogP contribution < -0.4 is 10.4 Å². The van der Waals surface area contributed by atoms with E-state index >= 15 is 0 Å². The predicted molar refractivity (Wildman–Crippen MR) is 114 cm³/mol. The molecule has 2 aromatic rings. The third kappa shape index (κ3) is 4.24. The van der Waals surface area contributed by atoms with Crippen molar-refractivity contribution in [3.8, 4) is 5.75 Å². The monoisotopic (exact) mass is 428 g/mol. The van der Waals surface area contributed by atoms with E-state index in [9.17, 15) is 14.4 Å². The van der Waals surface area contributed by atoms with Gasteiger partial charge in [0.1, 0.15) is 17.9 Å². The van der Waals surface area contributed by atoms with E-state index in [4.69, 9.17) is 13.9 Å². The molecule has 0 N–H and O–H groups in total. The molecule has 3 heterocycles. The first-order chi connectivity index (χ1) is 14.9. The fourth-order valence-corrected chi connectivity index (χ4v) is 4.48. The highest BCUT2D eigenvalue weighted by molar-refractivity contribution is 5.88. The molecule has 0 spiro atoms. The smallest absolute Gasteiger partial charge is 0.410 e. The summed E-state index contributed by atoms with van der Waals surface area (Å²) in [5.74, 6) is 0.457. The Labute approximate surface area is 180 Å². The molecule has 0 radical (unpaired) electrons. The topological polar surface area (TPSA) is 89.3 Å². The predicted octanol–water partition coefficient (Wildman–Crippen LogP) is 2.87. The molecular weight excluding hydrogens is 400 g/mol. The van der Waals surface area contributed by atoms with Gasteiger partial charge < -0.3 is 23.7 Å². The van der Waals surface area contributed by atoms with Crippen LogP contribution >= 0.6 is 0 Å². The normalized spacial score (nSPS) is 18.4. The molecule has 0 saturated carbocycles. The van der Waals surface area contributed by atoms with E-state index < -0.39 is 11.7 Å². The van der Waals surface area contributed by atoms with E-state index in [0.717, 1.165) is 29.4 Å². The van der Waals surface area contributed by atoms with Crippen LogP contribution in [0.4, 0.5) is 4.79 Å². The van der Waals surface area contributed by atoms with Gasteiger partial charge in [-0.25, -0.2) is 9.59 Å². The maximum Gasteiger partial charge on any atom is 0.410 e. The molecule has 2 amide bonds. The Balaban J connectivity index is 1.48. The number of amides is 2. The molecule has 2 aliphatic rings. The van der Waals surface area contributed by atoms with E-state index in [1.54, 1.807) is 16.7 Å². The molecule has 8 nitrogen and oxygen atoms in total. The van der Waals surface area contributed by atoms with Crippen LogP contribution in [0.2, 0.25) is 0 Å². The third-order valence-electron chi connectivity index (χ3n) is 6.08. The Hall–Kier alpha value is -3.03. The summed E-state index contributed by atoms with van der Waals surface area (Å²) in [5.41, 5.74) is 1.79. The van der Waals surface area contributed by atoms with Crippen LogP contribution in [0.5, 0.6) is 5.75 Å². The van der Waals surface area contributed by atoms with Gasteiger partial charge in [0, 0.05) is 25.2 Å². The van der Waals surface area contributed by atoms with Gasteiger partial charge in [-0.05, 0) is 56.4 Å². The van der Waals surface area contributed by atoms with Crippen LogP contribution in [-0.2, 0) is 16.0 Å². The van der Waals surface area contributed by atoms with Gasteiger partial charge in [-0.15, -0.1) is 0 Å². The van der Waals surface area contributed by atoms with Crippen molar-refractivity contribution in [1.82, 2.24) is 9.80 Å². The first kappa shape index (κ1) is 21.2. The van der Waals surface area contributed by atoms with Gasteiger partial charge >= 0.3 is 11.7 Å². The lowest BCUT2D eigenvalue weighted by Crippen LogP contribution is -2.49. The zero-order valence-corrected chi connectivity index (χ0v) is 18.2. The van der Waals surface area contributed by atoms with Crippen LogP contribution in [0.15, 0.2) is 27.4 Å². The fraction of sp³-hybridized carbons (Fsp3) is 0.522. The maximum atomic E-state index is 13.0. The van der Waals surface area contributed by atoms with Crippen molar-refractivity contribution in [3.63, 3.8) is 0 Å². The first-order valence-corrected chi connectivity index (χ1v) is 10.8. The number of aryl methyl sites for hydroxylation is 2. The summed E-state index contributed by atoms with van der Waals surface area (Å²) in [6, 6.07) is 5.27. The number of carbonyl (C=O) groups excluding carboxylic acids is 2. The Morgan fingerprint density at radius 3 is 2.58 bits per heavy atom. The van der Waals surface area contributed by atoms with Gasteiger partial charge in [0.25, 0.3) is 5.91 Å². The third-order valence-corrected chi connectivity index (χ3v) is 6.08. The number of piperidine rings is 1. The van der Waals surface area contributed by atoms with Crippen molar-refractivity contribution in [3.05, 3.63) is 39.7 Å². The summed E-state index contributed by atoms with van der Waals surface area (Å²) >= 11 is 0. The average molecular weight is 428 g/mol. The molecule has 2 fully saturated rings. The molecule has 0 bridgehead atoms. The highest BCUT2D eigenvalue weighted by Gasteiger charge is 2.34. The van der Waals surface area contributed by atoms with Gasteiger partial charge in [-0.2, -0.15) is 0 Å². The Morgan fingerprint density at radius 1 is 1.19 bits per heavy atom. The Kier molecular flexibility index (Phi) is 5.89. The minimum atomic E-state index is -0.685. The number of ether oxygens (including phenoxy) is 2. The summed E-state index contributed by atoms with van der Waals surface area (Å²) in [5, 5.41) is 0.735. The highest BCUT2D eigenvalue weighted by Crippen LogP contribution is 2.31. The van der Waals surface area contributed by atoms with Crippen molar-refractivity contribution in [2.24, 2.45) is 0 Å². The van der Waals surface area contributed by atoms with Crippen LogP contribution in [0.1, 0.15) is 37.8 Å². The van der Waals surface area contributed by atoms with Gasteiger partial charge in [-0.3, -0.25) is 4.79 Å². The number of fused-ring (bicyclic) bond motifs is 1. The van der Waals surface area contributed by atoms with Gasteiger partial charge in [0.05, 0.1) is 11.9 Å². The van der Waals surface area contributed by atoms with E-state index in [0.29, 0.717) is 44.0 Å². The summed E-state index contributed by atoms with van der Waals surface area (Å²) in [4.78, 5) is 40.3. The summed E-state index contributed by atoms with van der Waals surface area (Å²) in [6.45, 7) is 7.80. The molecule has 4 rings (SSSR count). The average Bonchev–Trinajstić information content (AvgIpc) is 3.18. The van der Waals surface area contributed by atoms with Crippen molar-refractivity contribution >= 4 is 23.0 Å². The molecule has 1 atom stereocenters. The number of hydrogen-bond acceptors (Lipinski definition) is 6. The number of likely N-dealkylation sites (tertiary alicyclic amines) is 1. The molecular formula is C23H28N2O6. The Morgan fingerprint density at radius 2 is 1.94 bits per heavy atom. The van der Waals surface area contributed by atoms with Crippen LogP contribution in [-0.4, -0.2) is 60.2 Å². The lowest BCUT2D eigenvalue weighted by atomic mass is 10.0. The van der Waals surface area contributed by atoms with E-state index in [2.05, 4.69) is 0 Å². The van der Waals surface area contributed by atoms with E-state index in [1.807, 2.05) is 26.0 Å². The summed E-state index contributed by atoms with van der Waals surface area (Å²) < 4.78 is 16.5. The van der Waals surface area contributed by atoms with Gasteiger partial charge in [0.15, 0.2) is 6.10 Å². The second kappa shape index (κ2) is 8.61. The lowest BCUT2D eigenvalue weighted by molar-refractivity contribution is -0.139. The van der Waals surface area contributed by atoms with Crippen molar-refractivity contribution in [1.29, 1.82) is 0 Å². The molecule has 166 valence electrons. The highest BCUT2D eigenvalue weighted by atomic mass is 16.6. The number of nitrogens with zero attached hydrogens (tertiary/aromatic N) is 2. The minimum Gasteiger partial charge on any atom is -0.480 e. The van der Waals surface area contributed by atoms with Crippen molar-refractivity contribution in [2.75, 3.05) is 26.2 Å². The second-order valence-corrected chi connectivity index (χ2v) is 8.20. The van der Waals surface area contributed by atoms with Gasteiger partial charge in [0.2, 0.25) is 0 Å². The molecule has 31 heavy (non-hydrogen) atoms. The molecule has 0 aliphatic carbocycles. The van der Waals surface area contributed by atoms with Crippen molar-refractivity contribution in [2.45, 2.75) is 52.2 Å². The molecule has 2 saturated heterocycles. The van der Waals surface area contributed by atoms with Crippen LogP contribution in [0, 0.1) is 6.92 Å². The van der Waals surface area contributed by atoms with E-state index in [-0.39, 0.29) is 18.0 Å².